The van der Waals surface area contributed by atoms with E-state index in [1.54, 1.807) is 11.3 Å². The molecule has 0 radical (unpaired) electrons. The molecule has 1 fully saturated rings. The van der Waals surface area contributed by atoms with Gasteiger partial charge in [-0.2, -0.15) is 0 Å². The Kier molecular flexibility index (Phi) is 4.19. The van der Waals surface area contributed by atoms with E-state index in [0.29, 0.717) is 13.2 Å². The maximum absolute atomic E-state index is 13.1. The lowest BCUT2D eigenvalue weighted by atomic mass is 10.0. The SMILES string of the molecule is O=C([C@@H]1CCOC1)N(Cc1cccs1)C1Cc2ccccc2C1. The number of amides is 1. The van der Waals surface area contributed by atoms with Gasteiger partial charge in [0.25, 0.3) is 0 Å². The second-order valence-corrected chi connectivity index (χ2v) is 7.47. The van der Waals surface area contributed by atoms with Crippen LogP contribution in [-0.2, 0) is 28.9 Å². The van der Waals surface area contributed by atoms with E-state index in [0.717, 1.165) is 25.8 Å². The highest BCUT2D eigenvalue weighted by molar-refractivity contribution is 7.09. The van der Waals surface area contributed by atoms with Crippen molar-refractivity contribution in [2.45, 2.75) is 31.8 Å². The number of thiophene rings is 1. The number of rotatable bonds is 4. The van der Waals surface area contributed by atoms with Crippen LogP contribution < -0.4 is 0 Å². The number of ether oxygens (including phenoxy) is 1. The quantitative estimate of drug-likeness (QED) is 0.862. The molecule has 2 heterocycles. The van der Waals surface area contributed by atoms with Gasteiger partial charge >= 0.3 is 0 Å². The van der Waals surface area contributed by atoms with Crippen LogP contribution >= 0.6 is 11.3 Å². The summed E-state index contributed by atoms with van der Waals surface area (Å²) in [6, 6.07) is 13.0. The topological polar surface area (TPSA) is 29.5 Å². The molecule has 0 bridgehead atoms. The molecule has 1 aliphatic carbocycles. The minimum absolute atomic E-state index is 0.0404. The molecule has 4 heteroatoms. The summed E-state index contributed by atoms with van der Waals surface area (Å²) in [6.45, 7) is 2.03. The first-order valence-corrected chi connectivity index (χ1v) is 9.16. The normalized spacial score (nSPS) is 20.6. The van der Waals surface area contributed by atoms with Crippen LogP contribution in [-0.4, -0.2) is 30.1 Å². The fraction of sp³-hybridized carbons (Fsp3) is 0.421. The van der Waals surface area contributed by atoms with E-state index in [-0.39, 0.29) is 17.9 Å². The zero-order valence-corrected chi connectivity index (χ0v) is 13.9. The molecule has 0 spiro atoms. The Hall–Kier alpha value is -1.65. The number of nitrogens with zero attached hydrogens (tertiary/aromatic N) is 1. The molecule has 1 aliphatic heterocycles. The van der Waals surface area contributed by atoms with Crippen LogP contribution in [0.25, 0.3) is 0 Å². The first-order valence-electron chi connectivity index (χ1n) is 8.28. The molecule has 1 amide bonds. The van der Waals surface area contributed by atoms with E-state index in [9.17, 15) is 4.79 Å². The Labute approximate surface area is 140 Å². The average Bonchev–Trinajstić information content (AvgIpc) is 3.32. The summed E-state index contributed by atoms with van der Waals surface area (Å²) in [5.41, 5.74) is 2.79. The Morgan fingerprint density at radius 3 is 2.57 bits per heavy atom. The molecular formula is C19H21NO2S. The van der Waals surface area contributed by atoms with Crippen LogP contribution in [0, 0.1) is 5.92 Å². The highest BCUT2D eigenvalue weighted by Gasteiger charge is 2.35. The third-order valence-corrected chi connectivity index (χ3v) is 5.80. The Bertz CT molecular complexity index is 651. The average molecular weight is 327 g/mol. The summed E-state index contributed by atoms with van der Waals surface area (Å²) in [4.78, 5) is 16.4. The number of carbonyl (C=O) groups excluding carboxylic acids is 1. The van der Waals surface area contributed by atoms with Gasteiger partial charge in [-0.05, 0) is 41.8 Å². The summed E-state index contributed by atoms with van der Waals surface area (Å²) < 4.78 is 5.44. The fourth-order valence-corrected chi connectivity index (χ4v) is 4.38. The van der Waals surface area contributed by atoms with Gasteiger partial charge < -0.3 is 9.64 Å². The fourth-order valence-electron chi connectivity index (χ4n) is 3.68. The van der Waals surface area contributed by atoms with Gasteiger partial charge in [-0.15, -0.1) is 11.3 Å². The van der Waals surface area contributed by atoms with Crippen LogP contribution in [0.3, 0.4) is 0 Å². The van der Waals surface area contributed by atoms with Crippen LogP contribution in [0.5, 0.6) is 0 Å². The van der Waals surface area contributed by atoms with Crippen molar-refractivity contribution in [1.29, 1.82) is 0 Å². The predicted octanol–water partition coefficient (Wildman–Crippen LogP) is 3.28. The largest absolute Gasteiger partial charge is 0.381 e. The van der Waals surface area contributed by atoms with Gasteiger partial charge in [0.15, 0.2) is 0 Å². The predicted molar refractivity (Wildman–Crippen MR) is 91.4 cm³/mol. The third-order valence-electron chi connectivity index (χ3n) is 4.94. The van der Waals surface area contributed by atoms with Gasteiger partial charge in [0.1, 0.15) is 0 Å². The molecule has 2 aliphatic rings. The minimum atomic E-state index is 0.0404. The van der Waals surface area contributed by atoms with E-state index in [2.05, 4.69) is 46.7 Å². The third kappa shape index (κ3) is 3.06. The second-order valence-electron chi connectivity index (χ2n) is 6.44. The zero-order valence-electron chi connectivity index (χ0n) is 13.1. The first-order chi connectivity index (χ1) is 11.3. The van der Waals surface area contributed by atoms with Crippen molar-refractivity contribution in [3.63, 3.8) is 0 Å². The molecule has 0 N–H and O–H groups in total. The van der Waals surface area contributed by atoms with Crippen molar-refractivity contribution in [1.82, 2.24) is 4.90 Å². The summed E-state index contributed by atoms with van der Waals surface area (Å²) in [5.74, 6) is 0.312. The summed E-state index contributed by atoms with van der Waals surface area (Å²) in [5, 5.41) is 2.08. The van der Waals surface area contributed by atoms with Crippen LogP contribution in [0.4, 0.5) is 0 Å². The van der Waals surface area contributed by atoms with Gasteiger partial charge in [0.05, 0.1) is 19.1 Å². The van der Waals surface area contributed by atoms with Crippen molar-refractivity contribution in [2.24, 2.45) is 5.92 Å². The zero-order chi connectivity index (χ0) is 15.6. The molecule has 4 rings (SSSR count). The standard InChI is InChI=1S/C19H21NO2S/c21-19(16-7-8-22-13-16)20(12-18-6-3-9-23-18)17-10-14-4-1-2-5-15(14)11-17/h1-6,9,16-17H,7-8,10-13H2/t16-/m1/s1. The molecule has 2 aromatic rings. The van der Waals surface area contributed by atoms with E-state index >= 15 is 0 Å². The van der Waals surface area contributed by atoms with E-state index in [1.165, 1.54) is 16.0 Å². The lowest BCUT2D eigenvalue weighted by molar-refractivity contribution is -0.138. The molecule has 120 valence electrons. The van der Waals surface area contributed by atoms with Crippen molar-refractivity contribution in [2.75, 3.05) is 13.2 Å². The maximum atomic E-state index is 13.1. The number of hydrogen-bond donors (Lipinski definition) is 0. The number of fused-ring (bicyclic) bond motifs is 1. The van der Waals surface area contributed by atoms with Crippen molar-refractivity contribution in [3.8, 4) is 0 Å². The smallest absolute Gasteiger partial charge is 0.228 e. The van der Waals surface area contributed by atoms with Crippen molar-refractivity contribution < 1.29 is 9.53 Å². The van der Waals surface area contributed by atoms with Gasteiger partial charge in [0, 0.05) is 17.5 Å². The maximum Gasteiger partial charge on any atom is 0.228 e. The molecule has 1 aromatic heterocycles. The summed E-state index contributed by atoms with van der Waals surface area (Å²) in [7, 11) is 0. The lowest BCUT2D eigenvalue weighted by Gasteiger charge is -2.30. The molecule has 0 saturated carbocycles. The van der Waals surface area contributed by atoms with Gasteiger partial charge in [-0.1, -0.05) is 30.3 Å². The molecule has 1 atom stereocenters. The van der Waals surface area contributed by atoms with E-state index < -0.39 is 0 Å². The molecule has 1 aromatic carbocycles. The van der Waals surface area contributed by atoms with E-state index in [4.69, 9.17) is 4.74 Å². The van der Waals surface area contributed by atoms with Gasteiger partial charge in [0.2, 0.25) is 5.91 Å². The van der Waals surface area contributed by atoms with Crippen molar-refractivity contribution in [3.05, 3.63) is 57.8 Å². The highest BCUT2D eigenvalue weighted by Crippen LogP contribution is 2.29. The van der Waals surface area contributed by atoms with Crippen LogP contribution in [0.15, 0.2) is 41.8 Å². The highest BCUT2D eigenvalue weighted by atomic mass is 32.1. The van der Waals surface area contributed by atoms with Gasteiger partial charge in [-0.3, -0.25) is 4.79 Å². The molecule has 0 unspecified atom stereocenters. The van der Waals surface area contributed by atoms with E-state index in [1.807, 2.05) is 0 Å². The Balaban J connectivity index is 1.56. The Morgan fingerprint density at radius 1 is 1.17 bits per heavy atom. The number of carbonyl (C=O) groups is 1. The first kappa shape index (κ1) is 14.9. The molecular weight excluding hydrogens is 306 g/mol. The number of hydrogen-bond acceptors (Lipinski definition) is 3. The molecule has 3 nitrogen and oxygen atoms in total. The number of benzene rings is 1. The van der Waals surface area contributed by atoms with Crippen LogP contribution in [0.1, 0.15) is 22.4 Å². The summed E-state index contributed by atoms with van der Waals surface area (Å²) in [6.07, 6.45) is 2.81. The second kappa shape index (κ2) is 6.46. The minimum Gasteiger partial charge on any atom is -0.381 e. The van der Waals surface area contributed by atoms with Gasteiger partial charge in [-0.25, -0.2) is 0 Å². The van der Waals surface area contributed by atoms with Crippen LogP contribution in [0.2, 0.25) is 0 Å². The lowest BCUT2D eigenvalue weighted by Crippen LogP contribution is -2.43. The van der Waals surface area contributed by atoms with Crippen molar-refractivity contribution >= 4 is 17.2 Å². The molecule has 1 saturated heterocycles. The molecule has 23 heavy (non-hydrogen) atoms. The Morgan fingerprint density at radius 2 is 1.96 bits per heavy atom. The monoisotopic (exact) mass is 327 g/mol. The summed E-state index contributed by atoms with van der Waals surface area (Å²) >= 11 is 1.73.